The van der Waals surface area contributed by atoms with Crippen molar-refractivity contribution < 1.29 is 46.7 Å². The van der Waals surface area contributed by atoms with E-state index in [9.17, 15) is 13.0 Å². The molecule has 0 heterocycles. The molecule has 13 heavy (non-hydrogen) atoms. The van der Waals surface area contributed by atoms with Crippen molar-refractivity contribution in [3.8, 4) is 0 Å². The molecule has 1 atom stereocenters. The van der Waals surface area contributed by atoms with Crippen LogP contribution >= 0.6 is 0 Å². The van der Waals surface area contributed by atoms with Gasteiger partial charge in [-0.3, -0.25) is 4.18 Å². The van der Waals surface area contributed by atoms with Crippen molar-refractivity contribution >= 4 is 10.4 Å². The molecule has 0 N–H and O–H groups in total. The Balaban J connectivity index is 0. The van der Waals surface area contributed by atoms with Crippen molar-refractivity contribution in [1.29, 1.82) is 0 Å². The van der Waals surface area contributed by atoms with Crippen molar-refractivity contribution in [3.63, 3.8) is 0 Å². The Hall–Kier alpha value is 0.870. The third kappa shape index (κ3) is 12.9. The Morgan fingerprint density at radius 2 is 1.92 bits per heavy atom. The first-order valence-electron chi connectivity index (χ1n) is 4.10. The molecule has 0 rings (SSSR count). The first-order valence-corrected chi connectivity index (χ1v) is 5.43. The average Bonchev–Trinajstić information content (AvgIpc) is 1.84. The van der Waals surface area contributed by atoms with Gasteiger partial charge < -0.3 is 4.55 Å². The molecule has 6 heteroatoms. The predicted molar refractivity (Wildman–Crippen MR) is 44.4 cm³/mol. The summed E-state index contributed by atoms with van der Waals surface area (Å²) in [7, 11) is -4.51. The minimum Gasteiger partial charge on any atom is -0.726 e. The van der Waals surface area contributed by atoms with Crippen molar-refractivity contribution in [1.82, 2.24) is 0 Å². The molecular formula is C7H15NaO4S. The third-order valence-electron chi connectivity index (χ3n) is 1.50. The van der Waals surface area contributed by atoms with Crippen molar-refractivity contribution in [2.45, 2.75) is 45.6 Å². The summed E-state index contributed by atoms with van der Waals surface area (Å²) < 4.78 is 34.5. The second-order valence-corrected chi connectivity index (χ2v) is 3.82. The molecule has 0 aromatic carbocycles. The summed E-state index contributed by atoms with van der Waals surface area (Å²) in [5.41, 5.74) is 0. The first-order chi connectivity index (χ1) is 5.45. The monoisotopic (exact) mass is 218 g/mol. The largest absolute Gasteiger partial charge is 1.00 e. The van der Waals surface area contributed by atoms with Gasteiger partial charge in [-0.05, 0) is 13.3 Å². The van der Waals surface area contributed by atoms with Crippen LogP contribution in [0.5, 0.6) is 0 Å². The zero-order chi connectivity index (χ0) is 9.61. The topological polar surface area (TPSA) is 66.4 Å². The summed E-state index contributed by atoms with van der Waals surface area (Å²) in [6, 6.07) is 0. The van der Waals surface area contributed by atoms with Crippen LogP contribution in [0.2, 0.25) is 0 Å². The summed E-state index contributed by atoms with van der Waals surface area (Å²) in [4.78, 5) is 0. The molecule has 0 bridgehead atoms. The van der Waals surface area contributed by atoms with Crippen LogP contribution in [-0.2, 0) is 14.6 Å². The van der Waals surface area contributed by atoms with E-state index >= 15 is 0 Å². The maximum Gasteiger partial charge on any atom is 1.00 e. The summed E-state index contributed by atoms with van der Waals surface area (Å²) in [6.45, 7) is 3.64. The Labute approximate surface area is 102 Å². The smallest absolute Gasteiger partial charge is 0.726 e. The van der Waals surface area contributed by atoms with E-state index in [2.05, 4.69) is 11.1 Å². The fraction of sp³-hybridized carbons (Fsp3) is 1.00. The van der Waals surface area contributed by atoms with Crippen molar-refractivity contribution in [2.24, 2.45) is 0 Å². The Morgan fingerprint density at radius 1 is 1.38 bits per heavy atom. The normalized spacial score (nSPS) is 13.5. The van der Waals surface area contributed by atoms with E-state index in [1.807, 2.05) is 0 Å². The van der Waals surface area contributed by atoms with Gasteiger partial charge in [0, 0.05) is 0 Å². The average molecular weight is 218 g/mol. The molecular weight excluding hydrogens is 203 g/mol. The molecule has 0 spiro atoms. The molecule has 0 aliphatic heterocycles. The Morgan fingerprint density at radius 3 is 2.31 bits per heavy atom. The van der Waals surface area contributed by atoms with Gasteiger partial charge in [-0.15, -0.1) is 0 Å². The van der Waals surface area contributed by atoms with Gasteiger partial charge in [0.05, 0.1) is 6.10 Å². The molecule has 0 unspecified atom stereocenters. The van der Waals surface area contributed by atoms with Gasteiger partial charge in [0.1, 0.15) is 0 Å². The number of unbranched alkanes of at least 4 members (excludes halogenated alkanes) is 2. The molecule has 0 amide bonds. The van der Waals surface area contributed by atoms with E-state index in [4.69, 9.17) is 0 Å². The molecule has 0 saturated heterocycles. The van der Waals surface area contributed by atoms with Crippen LogP contribution in [-0.4, -0.2) is 19.1 Å². The molecule has 0 aromatic heterocycles. The molecule has 74 valence electrons. The molecule has 0 aliphatic carbocycles. The van der Waals surface area contributed by atoms with Crippen LogP contribution in [0.3, 0.4) is 0 Å². The molecule has 0 fully saturated rings. The maximum absolute atomic E-state index is 10.1. The van der Waals surface area contributed by atoms with Gasteiger partial charge >= 0.3 is 29.6 Å². The van der Waals surface area contributed by atoms with Gasteiger partial charge in [-0.1, -0.05) is 26.2 Å². The SMILES string of the molecule is CCCCC[C@H](C)OS(=O)(=O)[O-].[Na+]. The minimum atomic E-state index is -4.51. The molecule has 0 saturated carbocycles. The quantitative estimate of drug-likeness (QED) is 0.234. The molecule has 0 radical (unpaired) electrons. The summed E-state index contributed by atoms with van der Waals surface area (Å²) in [5.74, 6) is 0. The summed E-state index contributed by atoms with van der Waals surface area (Å²) in [6.07, 6.45) is 3.13. The van der Waals surface area contributed by atoms with E-state index < -0.39 is 16.5 Å². The third-order valence-corrected chi connectivity index (χ3v) is 2.06. The van der Waals surface area contributed by atoms with Crippen LogP contribution < -0.4 is 29.6 Å². The van der Waals surface area contributed by atoms with Gasteiger partial charge in [-0.2, -0.15) is 0 Å². The molecule has 0 aliphatic rings. The van der Waals surface area contributed by atoms with Crippen LogP contribution in [0.25, 0.3) is 0 Å². The number of hydrogen-bond acceptors (Lipinski definition) is 4. The van der Waals surface area contributed by atoms with Crippen molar-refractivity contribution in [3.05, 3.63) is 0 Å². The number of hydrogen-bond donors (Lipinski definition) is 0. The Kier molecular flexibility index (Phi) is 10.3. The Bertz CT molecular complexity index is 203. The van der Waals surface area contributed by atoms with Gasteiger partial charge in [0.2, 0.25) is 10.4 Å². The van der Waals surface area contributed by atoms with Crippen LogP contribution in [0, 0.1) is 0 Å². The van der Waals surface area contributed by atoms with Crippen LogP contribution in [0.15, 0.2) is 0 Å². The fourth-order valence-electron chi connectivity index (χ4n) is 0.931. The fourth-order valence-corrected chi connectivity index (χ4v) is 1.43. The minimum absolute atomic E-state index is 0. The first kappa shape index (κ1) is 16.3. The van der Waals surface area contributed by atoms with Gasteiger partial charge in [0.15, 0.2) is 0 Å². The second kappa shape index (κ2) is 8.20. The maximum atomic E-state index is 10.1. The second-order valence-electron chi connectivity index (χ2n) is 2.81. The standard InChI is InChI=1S/C7H16O4S.Na/c1-3-4-5-6-7(2)11-12(8,9)10;/h7H,3-6H2,1-2H3,(H,8,9,10);/q;+1/p-1/t7-;/m0./s1. The van der Waals surface area contributed by atoms with Crippen LogP contribution in [0.1, 0.15) is 39.5 Å². The van der Waals surface area contributed by atoms with Gasteiger partial charge in [0.25, 0.3) is 0 Å². The van der Waals surface area contributed by atoms with E-state index in [0.717, 1.165) is 19.3 Å². The van der Waals surface area contributed by atoms with E-state index in [-0.39, 0.29) is 29.6 Å². The van der Waals surface area contributed by atoms with Gasteiger partial charge in [-0.25, -0.2) is 8.42 Å². The molecule has 0 aromatic rings. The zero-order valence-corrected chi connectivity index (χ0v) is 11.3. The summed E-state index contributed by atoms with van der Waals surface area (Å²) in [5, 5.41) is 0. The van der Waals surface area contributed by atoms with Crippen LogP contribution in [0.4, 0.5) is 0 Å². The van der Waals surface area contributed by atoms with E-state index in [1.165, 1.54) is 0 Å². The molecule has 4 nitrogen and oxygen atoms in total. The van der Waals surface area contributed by atoms with Crippen molar-refractivity contribution in [2.75, 3.05) is 0 Å². The predicted octanol–water partition coefficient (Wildman–Crippen LogP) is -1.56. The summed E-state index contributed by atoms with van der Waals surface area (Å²) >= 11 is 0. The van der Waals surface area contributed by atoms with E-state index in [1.54, 1.807) is 6.92 Å². The van der Waals surface area contributed by atoms with E-state index in [0.29, 0.717) is 6.42 Å². The number of rotatable bonds is 6. The zero-order valence-electron chi connectivity index (χ0n) is 8.45.